The first-order valence-electron chi connectivity index (χ1n) is 8.85. The van der Waals surface area contributed by atoms with Crippen molar-refractivity contribution in [3.8, 4) is 0 Å². The van der Waals surface area contributed by atoms with Crippen LogP contribution in [0.3, 0.4) is 0 Å². The molecule has 12 heteroatoms. The fourth-order valence-corrected chi connectivity index (χ4v) is 4.02. The highest BCUT2D eigenvalue weighted by atomic mass is 32.1. The second kappa shape index (κ2) is 7.57. The maximum absolute atomic E-state index is 12.5. The number of carbonyl (C=O) groups excluding carboxylic acids is 4. The van der Waals surface area contributed by atoms with Crippen LogP contribution in [0.2, 0.25) is 0 Å². The average molecular weight is 439 g/mol. The molecule has 0 radical (unpaired) electrons. The monoisotopic (exact) mass is 439 g/mol. The molecule has 0 spiro atoms. The molecule has 0 saturated heterocycles. The van der Waals surface area contributed by atoms with Crippen LogP contribution in [0.5, 0.6) is 0 Å². The highest BCUT2D eigenvalue weighted by molar-refractivity contribution is 7.22. The number of non-ortho nitro benzene ring substituents is 1. The molecule has 1 aliphatic heterocycles. The lowest BCUT2D eigenvalue weighted by molar-refractivity contribution is -0.384. The van der Waals surface area contributed by atoms with Gasteiger partial charge in [0.2, 0.25) is 11.8 Å². The van der Waals surface area contributed by atoms with E-state index in [0.717, 1.165) is 33.1 Å². The Morgan fingerprint density at radius 1 is 1.10 bits per heavy atom. The number of nitrogens with zero attached hydrogens (tertiary/aromatic N) is 3. The van der Waals surface area contributed by atoms with E-state index < -0.39 is 29.2 Å². The highest BCUT2D eigenvalue weighted by Gasteiger charge is 2.37. The Hall–Kier alpha value is -4.19. The summed E-state index contributed by atoms with van der Waals surface area (Å²) in [6.45, 7) is 0.827. The summed E-state index contributed by atoms with van der Waals surface area (Å²) in [6, 6.07) is 8.42. The Balaban J connectivity index is 1.48. The molecule has 0 unspecified atom stereocenters. The molecule has 156 valence electrons. The van der Waals surface area contributed by atoms with Crippen molar-refractivity contribution in [2.45, 2.75) is 6.92 Å². The van der Waals surface area contributed by atoms with E-state index in [1.54, 1.807) is 18.2 Å². The first kappa shape index (κ1) is 20.1. The Bertz CT molecular complexity index is 1300. The number of benzene rings is 2. The lowest BCUT2D eigenvalue weighted by atomic mass is 10.1. The van der Waals surface area contributed by atoms with Crippen molar-refractivity contribution < 1.29 is 24.1 Å². The third kappa shape index (κ3) is 3.83. The van der Waals surface area contributed by atoms with Crippen LogP contribution in [-0.4, -0.2) is 45.0 Å². The number of aromatic nitrogens is 1. The molecule has 0 bridgehead atoms. The number of imide groups is 1. The van der Waals surface area contributed by atoms with Crippen LogP contribution in [0.4, 0.5) is 16.5 Å². The van der Waals surface area contributed by atoms with E-state index in [2.05, 4.69) is 15.6 Å². The lowest BCUT2D eigenvalue weighted by Gasteiger charge is -2.12. The van der Waals surface area contributed by atoms with Gasteiger partial charge in [-0.1, -0.05) is 11.3 Å². The SMILES string of the molecule is CC(=O)Nc1ccc2nc(NC(=O)CN3C(=O)c4ccc([N+](=O)[O-])cc4C3=O)sc2c1. The second-order valence-electron chi connectivity index (χ2n) is 6.61. The van der Waals surface area contributed by atoms with E-state index in [1.807, 2.05) is 0 Å². The molecule has 1 aromatic heterocycles. The number of rotatable bonds is 5. The zero-order valence-electron chi connectivity index (χ0n) is 15.9. The van der Waals surface area contributed by atoms with Crippen LogP contribution < -0.4 is 10.6 Å². The van der Waals surface area contributed by atoms with Gasteiger partial charge < -0.3 is 10.6 Å². The van der Waals surface area contributed by atoms with Gasteiger partial charge in [-0.05, 0) is 24.3 Å². The molecule has 0 atom stereocenters. The number of fused-ring (bicyclic) bond motifs is 2. The molecule has 0 fully saturated rings. The number of nitro benzene ring substituents is 1. The minimum absolute atomic E-state index is 0.00823. The Kier molecular flexibility index (Phi) is 4.91. The first-order chi connectivity index (χ1) is 14.7. The zero-order valence-corrected chi connectivity index (χ0v) is 16.7. The van der Waals surface area contributed by atoms with Crippen molar-refractivity contribution in [1.82, 2.24) is 9.88 Å². The third-order valence-corrected chi connectivity index (χ3v) is 5.36. The van der Waals surface area contributed by atoms with Crippen LogP contribution in [-0.2, 0) is 9.59 Å². The highest BCUT2D eigenvalue weighted by Crippen LogP contribution is 2.29. The molecule has 4 rings (SSSR count). The molecule has 0 aliphatic carbocycles. The van der Waals surface area contributed by atoms with Crippen LogP contribution in [0.25, 0.3) is 10.2 Å². The number of nitrogens with one attached hydrogen (secondary N) is 2. The van der Waals surface area contributed by atoms with Gasteiger partial charge in [-0.25, -0.2) is 4.98 Å². The molecular formula is C19H13N5O6S. The molecule has 2 heterocycles. The van der Waals surface area contributed by atoms with Gasteiger partial charge in [0.15, 0.2) is 5.13 Å². The molecular weight excluding hydrogens is 426 g/mol. The Morgan fingerprint density at radius 2 is 1.84 bits per heavy atom. The zero-order chi connectivity index (χ0) is 22.3. The maximum atomic E-state index is 12.5. The van der Waals surface area contributed by atoms with Crippen molar-refractivity contribution in [3.05, 3.63) is 57.6 Å². The number of thiazole rings is 1. The van der Waals surface area contributed by atoms with Crippen molar-refractivity contribution in [3.63, 3.8) is 0 Å². The number of amides is 4. The summed E-state index contributed by atoms with van der Waals surface area (Å²) >= 11 is 1.16. The first-order valence-corrected chi connectivity index (χ1v) is 9.67. The maximum Gasteiger partial charge on any atom is 0.270 e. The smallest absolute Gasteiger partial charge is 0.270 e. The van der Waals surface area contributed by atoms with Crippen molar-refractivity contribution in [2.24, 2.45) is 0 Å². The van der Waals surface area contributed by atoms with Gasteiger partial charge >= 0.3 is 0 Å². The summed E-state index contributed by atoms with van der Waals surface area (Å²) in [4.78, 5) is 63.8. The van der Waals surface area contributed by atoms with Gasteiger partial charge in [0.05, 0.1) is 26.3 Å². The lowest BCUT2D eigenvalue weighted by Crippen LogP contribution is -2.37. The summed E-state index contributed by atoms with van der Waals surface area (Å²) in [5, 5.41) is 16.4. The third-order valence-electron chi connectivity index (χ3n) is 4.42. The molecule has 11 nitrogen and oxygen atoms in total. The molecule has 4 amide bonds. The average Bonchev–Trinajstić information content (AvgIpc) is 3.20. The van der Waals surface area contributed by atoms with Crippen LogP contribution in [0.1, 0.15) is 27.6 Å². The number of nitro groups is 1. The van der Waals surface area contributed by atoms with Crippen molar-refractivity contribution in [1.29, 1.82) is 0 Å². The molecule has 2 aromatic carbocycles. The van der Waals surface area contributed by atoms with Crippen molar-refractivity contribution in [2.75, 3.05) is 17.2 Å². The quantitative estimate of drug-likeness (QED) is 0.352. The van der Waals surface area contributed by atoms with E-state index in [1.165, 1.54) is 13.0 Å². The van der Waals surface area contributed by atoms with Gasteiger partial charge in [-0.2, -0.15) is 0 Å². The topological polar surface area (TPSA) is 152 Å². The standard InChI is InChI=1S/C19H13N5O6S/c1-9(25)20-10-2-5-14-15(6-10)31-19(21-14)22-16(26)8-23-17(27)12-4-3-11(24(29)30)7-13(12)18(23)28/h2-7H,8H2,1H3,(H,20,25)(H,21,22,26). The Morgan fingerprint density at radius 3 is 2.55 bits per heavy atom. The minimum atomic E-state index is -0.775. The summed E-state index contributed by atoms with van der Waals surface area (Å²) in [5.41, 5.74) is 0.759. The number of anilines is 2. The molecule has 0 saturated carbocycles. The van der Waals surface area contributed by atoms with Gasteiger partial charge in [0, 0.05) is 24.7 Å². The predicted octanol–water partition coefficient (Wildman–Crippen LogP) is 2.40. The fraction of sp³-hybridized carbons (Fsp3) is 0.105. The molecule has 3 aromatic rings. The summed E-state index contributed by atoms with van der Waals surface area (Å²) in [7, 11) is 0. The molecule has 31 heavy (non-hydrogen) atoms. The summed E-state index contributed by atoms with van der Waals surface area (Å²) in [5.74, 6) is -2.34. The van der Waals surface area contributed by atoms with Crippen LogP contribution in [0, 0.1) is 10.1 Å². The molecule has 2 N–H and O–H groups in total. The van der Waals surface area contributed by atoms with Gasteiger partial charge in [-0.15, -0.1) is 0 Å². The number of hydrogen-bond acceptors (Lipinski definition) is 8. The summed E-state index contributed by atoms with van der Waals surface area (Å²) in [6.07, 6.45) is 0. The summed E-state index contributed by atoms with van der Waals surface area (Å²) < 4.78 is 0.717. The predicted molar refractivity (Wildman–Crippen MR) is 111 cm³/mol. The van der Waals surface area contributed by atoms with E-state index in [-0.39, 0.29) is 27.9 Å². The van der Waals surface area contributed by atoms with Crippen LogP contribution >= 0.6 is 11.3 Å². The molecule has 1 aliphatic rings. The van der Waals surface area contributed by atoms with E-state index in [0.29, 0.717) is 11.2 Å². The Labute approximate surface area is 177 Å². The van der Waals surface area contributed by atoms with E-state index in [4.69, 9.17) is 0 Å². The van der Waals surface area contributed by atoms with E-state index in [9.17, 15) is 29.3 Å². The van der Waals surface area contributed by atoms with Gasteiger partial charge in [0.1, 0.15) is 6.54 Å². The van der Waals surface area contributed by atoms with Crippen molar-refractivity contribution >= 4 is 61.7 Å². The van der Waals surface area contributed by atoms with Crippen LogP contribution in [0.15, 0.2) is 36.4 Å². The fourth-order valence-electron chi connectivity index (χ4n) is 3.10. The normalized spacial score (nSPS) is 12.7. The number of hydrogen-bond donors (Lipinski definition) is 2. The number of carbonyl (C=O) groups is 4. The van der Waals surface area contributed by atoms with E-state index >= 15 is 0 Å². The second-order valence-corrected chi connectivity index (χ2v) is 7.64. The van der Waals surface area contributed by atoms with Gasteiger partial charge in [-0.3, -0.25) is 34.2 Å². The largest absolute Gasteiger partial charge is 0.326 e. The van der Waals surface area contributed by atoms with Gasteiger partial charge in [0.25, 0.3) is 17.5 Å². The minimum Gasteiger partial charge on any atom is -0.326 e.